The van der Waals surface area contributed by atoms with Crippen LogP contribution in [0.5, 0.6) is 0 Å². The van der Waals surface area contributed by atoms with Crippen molar-refractivity contribution in [3.8, 4) is 0 Å². The van der Waals surface area contributed by atoms with E-state index in [1.807, 2.05) is 0 Å². The second-order valence-electron chi connectivity index (χ2n) is 11.0. The minimum Gasteiger partial charge on any atom is -0.481 e. The predicted octanol–water partition coefficient (Wildman–Crippen LogP) is 6.64. The van der Waals surface area contributed by atoms with Crippen LogP contribution in [0.3, 0.4) is 0 Å². The summed E-state index contributed by atoms with van der Waals surface area (Å²) in [6.45, 7) is 6.49. The lowest BCUT2D eigenvalue weighted by Gasteiger charge is -2.33. The fraction of sp³-hybridized carbons (Fsp3) is 0.538. The molecule has 1 N–H and O–H groups in total. The van der Waals surface area contributed by atoms with Crippen LogP contribution in [0.1, 0.15) is 79.4 Å². The number of carboxylic acid groups (broad SMARTS) is 1. The topological polar surface area (TPSA) is 92.5 Å². The van der Waals surface area contributed by atoms with Crippen molar-refractivity contribution in [2.75, 3.05) is 13.1 Å². The zero-order valence-corrected chi connectivity index (χ0v) is 23.0. The normalized spacial score (nSPS) is 20.3. The maximum Gasteiger partial charge on any atom is 0.433 e. The Hall–Kier alpha value is -2.59. The summed E-state index contributed by atoms with van der Waals surface area (Å²) in [5.74, 6) is -3.61. The molecule has 38 heavy (non-hydrogen) atoms. The number of ketones is 1. The molecular formula is C26H30Cl2F3N3O4. The van der Waals surface area contributed by atoms with E-state index < -0.39 is 59.0 Å². The molecule has 208 valence electrons. The fourth-order valence-corrected chi connectivity index (χ4v) is 5.60. The summed E-state index contributed by atoms with van der Waals surface area (Å²) in [5, 5.41) is 13.5. The standard InChI is InChI=1S/C26H30Cl2F3N3O4/c1-14-10-15(8-9-16(14)24(37)38)34-22(26(29,30)31)17(11-32-34)23(36)33(13-25(2,3)4)12-20(35)21-18(27)6-5-7-19(21)28/h5-7,11,14-16H,8-10,12-13H2,1-4H3,(H,37,38)/t14-,15-,16?/m1/s1. The van der Waals surface area contributed by atoms with Gasteiger partial charge in [-0.05, 0) is 42.7 Å². The maximum absolute atomic E-state index is 14.4. The summed E-state index contributed by atoms with van der Waals surface area (Å²) in [7, 11) is 0. The van der Waals surface area contributed by atoms with Gasteiger partial charge in [0.2, 0.25) is 0 Å². The minimum atomic E-state index is -4.92. The van der Waals surface area contributed by atoms with Gasteiger partial charge in [0.25, 0.3) is 5.91 Å². The van der Waals surface area contributed by atoms with Crippen LogP contribution in [0.2, 0.25) is 10.0 Å². The van der Waals surface area contributed by atoms with Gasteiger partial charge in [0, 0.05) is 6.54 Å². The summed E-state index contributed by atoms with van der Waals surface area (Å²) in [6, 6.07) is 3.75. The summed E-state index contributed by atoms with van der Waals surface area (Å²) >= 11 is 12.3. The van der Waals surface area contributed by atoms with Crippen molar-refractivity contribution in [2.45, 2.75) is 59.2 Å². The number of hydrogen-bond acceptors (Lipinski definition) is 4. The Kier molecular flexibility index (Phi) is 8.88. The molecule has 0 radical (unpaired) electrons. The first-order valence-electron chi connectivity index (χ1n) is 12.1. The zero-order chi connectivity index (χ0) is 28.6. The number of aromatic nitrogens is 2. The number of rotatable bonds is 7. The smallest absolute Gasteiger partial charge is 0.433 e. The van der Waals surface area contributed by atoms with E-state index in [9.17, 15) is 32.7 Å². The highest BCUT2D eigenvalue weighted by Crippen LogP contribution is 2.41. The lowest BCUT2D eigenvalue weighted by atomic mass is 9.78. The minimum absolute atomic E-state index is 0.0153. The quantitative estimate of drug-likeness (QED) is 0.373. The molecule has 1 aromatic heterocycles. The number of nitrogens with zero attached hydrogens (tertiary/aromatic N) is 3. The fourth-order valence-electron chi connectivity index (χ4n) is 4.99. The van der Waals surface area contributed by atoms with Crippen LogP contribution in [-0.2, 0) is 11.0 Å². The third-order valence-corrected chi connectivity index (χ3v) is 7.26. The first-order valence-corrected chi connectivity index (χ1v) is 12.9. The first-order chi connectivity index (χ1) is 17.5. The molecule has 1 aliphatic carbocycles. The SMILES string of the molecule is C[C@@H]1C[C@H](n2ncc(C(=O)N(CC(=O)c3c(Cl)cccc3Cl)CC(C)(C)C)c2C(F)(F)F)CCC1C(=O)O. The van der Waals surface area contributed by atoms with Crippen LogP contribution in [0, 0.1) is 17.3 Å². The number of aliphatic carboxylic acids is 1. The molecular weight excluding hydrogens is 546 g/mol. The van der Waals surface area contributed by atoms with Gasteiger partial charge in [0.15, 0.2) is 11.5 Å². The van der Waals surface area contributed by atoms with Gasteiger partial charge >= 0.3 is 12.1 Å². The molecule has 1 aliphatic rings. The second kappa shape index (κ2) is 11.3. The summed E-state index contributed by atoms with van der Waals surface area (Å²) in [4.78, 5) is 39.2. The van der Waals surface area contributed by atoms with Crippen molar-refractivity contribution in [3.63, 3.8) is 0 Å². The Morgan fingerprint density at radius 1 is 1.13 bits per heavy atom. The number of Topliss-reactive ketones (excluding diaryl/α,β-unsaturated/α-hetero) is 1. The van der Waals surface area contributed by atoms with E-state index in [2.05, 4.69) is 5.10 Å². The van der Waals surface area contributed by atoms with Crippen LogP contribution in [0.15, 0.2) is 24.4 Å². The van der Waals surface area contributed by atoms with Gasteiger partial charge in [-0.25, -0.2) is 0 Å². The Bertz CT molecular complexity index is 1200. The summed E-state index contributed by atoms with van der Waals surface area (Å²) < 4.78 is 43.9. The van der Waals surface area contributed by atoms with E-state index in [-0.39, 0.29) is 47.3 Å². The first kappa shape index (κ1) is 30.0. The molecule has 1 saturated carbocycles. The van der Waals surface area contributed by atoms with Crippen molar-refractivity contribution in [1.82, 2.24) is 14.7 Å². The van der Waals surface area contributed by atoms with E-state index in [1.165, 1.54) is 12.1 Å². The molecule has 12 heteroatoms. The van der Waals surface area contributed by atoms with Crippen LogP contribution >= 0.6 is 23.2 Å². The van der Waals surface area contributed by atoms with Gasteiger partial charge in [0.05, 0.1) is 45.9 Å². The number of alkyl halides is 3. The molecule has 1 unspecified atom stereocenters. The lowest BCUT2D eigenvalue weighted by molar-refractivity contribution is -0.149. The van der Waals surface area contributed by atoms with E-state index in [1.54, 1.807) is 33.8 Å². The average Bonchev–Trinajstić information content (AvgIpc) is 3.22. The van der Waals surface area contributed by atoms with Gasteiger partial charge in [-0.3, -0.25) is 19.1 Å². The van der Waals surface area contributed by atoms with Crippen LogP contribution in [-0.4, -0.2) is 50.5 Å². The summed E-state index contributed by atoms with van der Waals surface area (Å²) in [6.07, 6.45) is -3.50. The second-order valence-corrected chi connectivity index (χ2v) is 11.8. The molecule has 0 saturated heterocycles. The van der Waals surface area contributed by atoms with Gasteiger partial charge in [-0.1, -0.05) is 57.0 Å². The van der Waals surface area contributed by atoms with Gasteiger partial charge in [0.1, 0.15) is 0 Å². The van der Waals surface area contributed by atoms with Gasteiger partial charge in [-0.15, -0.1) is 0 Å². The van der Waals surface area contributed by atoms with E-state index in [0.717, 1.165) is 15.8 Å². The molecule has 1 aromatic carbocycles. The molecule has 0 bridgehead atoms. The lowest BCUT2D eigenvalue weighted by Crippen LogP contribution is -2.42. The summed E-state index contributed by atoms with van der Waals surface area (Å²) in [5.41, 5.74) is -2.46. The van der Waals surface area contributed by atoms with Crippen molar-refractivity contribution in [1.29, 1.82) is 0 Å². The predicted molar refractivity (Wildman–Crippen MR) is 137 cm³/mol. The number of carboxylic acids is 1. The van der Waals surface area contributed by atoms with E-state index in [4.69, 9.17) is 23.2 Å². The van der Waals surface area contributed by atoms with Crippen molar-refractivity contribution in [3.05, 3.63) is 51.3 Å². The van der Waals surface area contributed by atoms with E-state index in [0.29, 0.717) is 0 Å². The highest BCUT2D eigenvalue weighted by Gasteiger charge is 2.44. The third kappa shape index (κ3) is 6.69. The molecule has 7 nitrogen and oxygen atoms in total. The van der Waals surface area contributed by atoms with Crippen LogP contribution in [0.4, 0.5) is 13.2 Å². The number of benzene rings is 1. The zero-order valence-electron chi connectivity index (χ0n) is 21.5. The average molecular weight is 576 g/mol. The van der Waals surface area contributed by atoms with Gasteiger partial charge < -0.3 is 10.0 Å². The molecule has 3 atom stereocenters. The number of amides is 1. The van der Waals surface area contributed by atoms with Crippen molar-refractivity contribution in [2.24, 2.45) is 17.3 Å². The Balaban J connectivity index is 1.99. The monoisotopic (exact) mass is 575 g/mol. The van der Waals surface area contributed by atoms with Gasteiger partial charge in [-0.2, -0.15) is 18.3 Å². The van der Waals surface area contributed by atoms with Crippen molar-refractivity contribution < 1.29 is 32.7 Å². The van der Waals surface area contributed by atoms with Crippen LogP contribution < -0.4 is 0 Å². The largest absolute Gasteiger partial charge is 0.481 e. The number of carbonyl (C=O) groups is 3. The molecule has 3 rings (SSSR count). The number of carbonyl (C=O) groups excluding carboxylic acids is 2. The van der Waals surface area contributed by atoms with E-state index >= 15 is 0 Å². The molecule has 1 fully saturated rings. The van der Waals surface area contributed by atoms with Crippen molar-refractivity contribution >= 4 is 40.9 Å². The highest BCUT2D eigenvalue weighted by atomic mass is 35.5. The third-order valence-electron chi connectivity index (χ3n) is 6.63. The molecule has 2 aromatic rings. The number of halogens is 5. The molecule has 1 heterocycles. The Morgan fingerprint density at radius 3 is 2.24 bits per heavy atom. The maximum atomic E-state index is 14.4. The highest BCUT2D eigenvalue weighted by molar-refractivity contribution is 6.40. The Labute approximate surface area is 228 Å². The molecule has 0 aliphatic heterocycles. The Morgan fingerprint density at radius 2 is 1.74 bits per heavy atom. The number of hydrogen-bond donors (Lipinski definition) is 1. The van der Waals surface area contributed by atoms with Crippen LogP contribution in [0.25, 0.3) is 0 Å². The molecule has 1 amide bonds. The molecule has 0 spiro atoms.